The van der Waals surface area contributed by atoms with E-state index in [-0.39, 0.29) is 5.91 Å². The van der Waals surface area contributed by atoms with Crippen molar-refractivity contribution < 1.29 is 9.53 Å². The zero-order valence-corrected chi connectivity index (χ0v) is 14.4. The second-order valence-corrected chi connectivity index (χ2v) is 6.29. The van der Waals surface area contributed by atoms with Gasteiger partial charge >= 0.3 is 0 Å². The van der Waals surface area contributed by atoms with E-state index in [9.17, 15) is 4.79 Å². The average Bonchev–Trinajstić information content (AvgIpc) is 2.56. The minimum atomic E-state index is 0.203. The summed E-state index contributed by atoms with van der Waals surface area (Å²) in [5, 5.41) is 0. The van der Waals surface area contributed by atoms with E-state index in [0.29, 0.717) is 13.0 Å². The largest absolute Gasteiger partial charge is 0.493 e. The summed E-state index contributed by atoms with van der Waals surface area (Å²) in [6.45, 7) is 6.34. The molecule has 0 aromatic heterocycles. The number of piperazine rings is 1. The van der Waals surface area contributed by atoms with Crippen molar-refractivity contribution in [2.45, 2.75) is 12.8 Å². The molecule has 128 valence electrons. The first kappa shape index (κ1) is 17.8. The van der Waals surface area contributed by atoms with Gasteiger partial charge in [-0.1, -0.05) is 18.2 Å². The molecule has 5 nitrogen and oxygen atoms in total. The molecule has 0 radical (unpaired) electrons. The molecule has 0 spiro atoms. The lowest BCUT2D eigenvalue weighted by atomic mass is 10.2. The molecule has 1 saturated heterocycles. The van der Waals surface area contributed by atoms with Crippen LogP contribution >= 0.6 is 0 Å². The van der Waals surface area contributed by atoms with E-state index in [1.165, 1.54) is 6.42 Å². The highest BCUT2D eigenvalue weighted by atomic mass is 16.5. The van der Waals surface area contributed by atoms with Crippen LogP contribution in [0.2, 0.25) is 0 Å². The summed E-state index contributed by atoms with van der Waals surface area (Å²) in [5.74, 6) is 1.03. The van der Waals surface area contributed by atoms with Crippen LogP contribution in [0.25, 0.3) is 0 Å². The first-order valence-electron chi connectivity index (χ1n) is 8.48. The summed E-state index contributed by atoms with van der Waals surface area (Å²) in [6.07, 6.45) is 1.64. The van der Waals surface area contributed by atoms with Crippen molar-refractivity contribution in [3.8, 4) is 5.75 Å². The van der Waals surface area contributed by atoms with Gasteiger partial charge in [-0.05, 0) is 45.7 Å². The highest BCUT2D eigenvalue weighted by Gasteiger charge is 2.20. The number of carbonyl (C=O) groups is 1. The molecule has 0 N–H and O–H groups in total. The van der Waals surface area contributed by atoms with Crippen LogP contribution in [0.4, 0.5) is 0 Å². The van der Waals surface area contributed by atoms with Gasteiger partial charge in [0.2, 0.25) is 5.91 Å². The number of hydrogen-bond acceptors (Lipinski definition) is 4. The third-order valence-corrected chi connectivity index (χ3v) is 4.13. The Morgan fingerprint density at radius 1 is 1.13 bits per heavy atom. The van der Waals surface area contributed by atoms with Gasteiger partial charge in [-0.2, -0.15) is 0 Å². The summed E-state index contributed by atoms with van der Waals surface area (Å²) >= 11 is 0. The summed E-state index contributed by atoms with van der Waals surface area (Å²) in [6, 6.07) is 9.66. The SMILES string of the molecule is CN(C)CCCN1CCN(C(=O)CCOc2ccccc2)CC1. The maximum atomic E-state index is 12.2. The third-order valence-electron chi connectivity index (χ3n) is 4.13. The molecule has 23 heavy (non-hydrogen) atoms. The van der Waals surface area contributed by atoms with E-state index in [2.05, 4.69) is 23.9 Å². The number of rotatable bonds is 8. The molecule has 1 aliphatic rings. The Bertz CT molecular complexity index is 457. The lowest BCUT2D eigenvalue weighted by molar-refractivity contribution is -0.133. The topological polar surface area (TPSA) is 36.0 Å². The fourth-order valence-corrected chi connectivity index (χ4v) is 2.76. The number of ether oxygens (including phenoxy) is 1. The van der Waals surface area contributed by atoms with Gasteiger partial charge in [0, 0.05) is 26.2 Å². The Hall–Kier alpha value is -1.59. The third kappa shape index (κ3) is 6.59. The van der Waals surface area contributed by atoms with Gasteiger partial charge < -0.3 is 14.5 Å². The van der Waals surface area contributed by atoms with Gasteiger partial charge in [0.25, 0.3) is 0 Å². The predicted molar refractivity (Wildman–Crippen MR) is 92.7 cm³/mol. The molecule has 1 fully saturated rings. The molecule has 0 atom stereocenters. The van der Waals surface area contributed by atoms with Crippen LogP contribution in [0, 0.1) is 0 Å². The zero-order valence-electron chi connectivity index (χ0n) is 14.4. The van der Waals surface area contributed by atoms with Crippen molar-refractivity contribution in [1.29, 1.82) is 0 Å². The summed E-state index contributed by atoms with van der Waals surface area (Å²) in [7, 11) is 4.21. The fourth-order valence-electron chi connectivity index (χ4n) is 2.76. The van der Waals surface area contributed by atoms with Gasteiger partial charge in [0.05, 0.1) is 13.0 Å². The average molecular weight is 319 g/mol. The van der Waals surface area contributed by atoms with Crippen LogP contribution in [-0.4, -0.2) is 80.6 Å². The second kappa shape index (κ2) is 9.53. The summed E-state index contributed by atoms with van der Waals surface area (Å²) in [5.41, 5.74) is 0. The highest BCUT2D eigenvalue weighted by molar-refractivity contribution is 5.76. The van der Waals surface area contributed by atoms with E-state index >= 15 is 0 Å². The summed E-state index contributed by atoms with van der Waals surface area (Å²) < 4.78 is 5.60. The van der Waals surface area contributed by atoms with Crippen LogP contribution in [0.5, 0.6) is 5.75 Å². The highest BCUT2D eigenvalue weighted by Crippen LogP contribution is 2.09. The van der Waals surface area contributed by atoms with Gasteiger partial charge in [0.15, 0.2) is 0 Å². The van der Waals surface area contributed by atoms with Crippen molar-refractivity contribution in [2.75, 3.05) is 60.0 Å². The van der Waals surface area contributed by atoms with Crippen LogP contribution in [0.15, 0.2) is 30.3 Å². The van der Waals surface area contributed by atoms with Gasteiger partial charge in [-0.3, -0.25) is 9.69 Å². The second-order valence-electron chi connectivity index (χ2n) is 6.29. The van der Waals surface area contributed by atoms with Crippen molar-refractivity contribution in [1.82, 2.24) is 14.7 Å². The van der Waals surface area contributed by atoms with Crippen molar-refractivity contribution in [3.05, 3.63) is 30.3 Å². The summed E-state index contributed by atoms with van der Waals surface area (Å²) in [4.78, 5) is 18.9. The molecule has 1 aliphatic heterocycles. The molecule has 1 aromatic carbocycles. The van der Waals surface area contributed by atoms with Crippen molar-refractivity contribution >= 4 is 5.91 Å². The Morgan fingerprint density at radius 2 is 1.83 bits per heavy atom. The number of benzene rings is 1. The van der Waals surface area contributed by atoms with Gasteiger partial charge in [-0.15, -0.1) is 0 Å². The smallest absolute Gasteiger partial charge is 0.226 e. The Morgan fingerprint density at radius 3 is 2.48 bits per heavy atom. The monoisotopic (exact) mass is 319 g/mol. The number of nitrogens with zero attached hydrogens (tertiary/aromatic N) is 3. The predicted octanol–water partition coefficient (Wildman–Crippen LogP) is 1.55. The number of amides is 1. The number of para-hydroxylation sites is 1. The lowest BCUT2D eigenvalue weighted by Crippen LogP contribution is -2.49. The molecule has 2 rings (SSSR count). The minimum absolute atomic E-state index is 0.203. The fraction of sp³-hybridized carbons (Fsp3) is 0.611. The molecule has 0 bridgehead atoms. The quantitative estimate of drug-likeness (QED) is 0.728. The molecular formula is C18H29N3O2. The van der Waals surface area contributed by atoms with Crippen LogP contribution in [0.3, 0.4) is 0 Å². The normalized spacial score (nSPS) is 15.9. The van der Waals surface area contributed by atoms with E-state index in [1.807, 2.05) is 35.2 Å². The Kier molecular flexibility index (Phi) is 7.36. The first-order valence-corrected chi connectivity index (χ1v) is 8.48. The molecular weight excluding hydrogens is 290 g/mol. The maximum absolute atomic E-state index is 12.2. The minimum Gasteiger partial charge on any atom is -0.493 e. The molecule has 1 aromatic rings. The first-order chi connectivity index (χ1) is 11.1. The number of hydrogen-bond donors (Lipinski definition) is 0. The van der Waals surface area contributed by atoms with E-state index < -0.39 is 0 Å². The van der Waals surface area contributed by atoms with E-state index in [1.54, 1.807) is 0 Å². The standard InChI is InChI=1S/C18H29N3O2/c1-19(2)10-6-11-20-12-14-21(15-13-20)18(22)9-16-23-17-7-4-3-5-8-17/h3-5,7-8H,6,9-16H2,1-2H3. The Balaban J connectivity index is 1.60. The Labute approximate surface area is 139 Å². The lowest BCUT2D eigenvalue weighted by Gasteiger charge is -2.35. The molecule has 5 heteroatoms. The molecule has 0 saturated carbocycles. The van der Waals surface area contributed by atoms with Gasteiger partial charge in [-0.25, -0.2) is 0 Å². The maximum Gasteiger partial charge on any atom is 0.226 e. The van der Waals surface area contributed by atoms with E-state index in [0.717, 1.165) is 45.0 Å². The van der Waals surface area contributed by atoms with E-state index in [4.69, 9.17) is 4.74 Å². The zero-order chi connectivity index (χ0) is 16.5. The van der Waals surface area contributed by atoms with Crippen LogP contribution in [0.1, 0.15) is 12.8 Å². The van der Waals surface area contributed by atoms with Gasteiger partial charge in [0.1, 0.15) is 5.75 Å². The molecule has 0 unspecified atom stereocenters. The van der Waals surface area contributed by atoms with Crippen LogP contribution < -0.4 is 4.74 Å². The van der Waals surface area contributed by atoms with Crippen molar-refractivity contribution in [2.24, 2.45) is 0 Å². The molecule has 1 heterocycles. The molecule has 0 aliphatic carbocycles. The molecule has 1 amide bonds. The number of carbonyl (C=O) groups excluding carboxylic acids is 1. The van der Waals surface area contributed by atoms with Crippen molar-refractivity contribution in [3.63, 3.8) is 0 Å². The van der Waals surface area contributed by atoms with Crippen LogP contribution in [-0.2, 0) is 4.79 Å².